The van der Waals surface area contributed by atoms with E-state index in [0.717, 1.165) is 5.56 Å². The predicted octanol–water partition coefficient (Wildman–Crippen LogP) is 2.95. The first kappa shape index (κ1) is 32.0. The van der Waals surface area contributed by atoms with Crippen molar-refractivity contribution in [3.05, 3.63) is 65.2 Å². The number of rotatable bonds is 7. The number of aliphatic hydroxyl groups excluding tert-OH is 2. The topological polar surface area (TPSA) is 175 Å². The quantitative estimate of drug-likeness (QED) is 0.299. The molecular weight excluding hydrogens is 562 g/mol. The van der Waals surface area contributed by atoms with Crippen LogP contribution in [0.2, 0.25) is 0 Å². The third-order valence-corrected chi connectivity index (χ3v) is 11.6. The van der Waals surface area contributed by atoms with Gasteiger partial charge in [-0.2, -0.15) is 0 Å². The number of fused-ring (bicyclic) bond motifs is 3. The SMILES string of the molecule is CCC(=O)C[C@@H]1[C@]2(C)C(C(=O)c3c(O)cccc3[C@H]2Cc2ccccc2)C(O)[C@@]2(O)C(=O)C(C(N)=O)C(O)[C@H](C(C)C)[C@@]12C. The number of hydrogen-bond acceptors (Lipinski definition) is 8. The molecule has 0 radical (unpaired) electrons. The van der Waals surface area contributed by atoms with Crippen molar-refractivity contribution in [2.75, 3.05) is 0 Å². The largest absolute Gasteiger partial charge is 0.507 e. The second-order valence-electron chi connectivity index (χ2n) is 13.8. The monoisotopic (exact) mass is 605 g/mol. The van der Waals surface area contributed by atoms with E-state index < -0.39 is 81.6 Å². The van der Waals surface area contributed by atoms with Gasteiger partial charge in [0.15, 0.2) is 17.2 Å². The minimum absolute atomic E-state index is 0.00196. The van der Waals surface area contributed by atoms with Gasteiger partial charge in [-0.1, -0.05) is 77.1 Å². The number of phenols is 1. The number of amides is 1. The number of phenolic OH excluding ortho intramolecular Hbond substituents is 1. The number of Topliss-reactive ketones (excluding diaryl/α,β-unsaturated/α-hetero) is 3. The van der Waals surface area contributed by atoms with E-state index in [2.05, 4.69) is 0 Å². The number of nitrogens with two attached hydrogens (primary N) is 1. The lowest BCUT2D eigenvalue weighted by Crippen LogP contribution is -2.82. The molecule has 3 aliphatic carbocycles. The third kappa shape index (κ3) is 4.08. The average Bonchev–Trinajstić information content (AvgIpc) is 2.96. The van der Waals surface area contributed by atoms with Gasteiger partial charge in [0.2, 0.25) is 5.91 Å². The van der Waals surface area contributed by atoms with Crippen molar-refractivity contribution < 1.29 is 39.6 Å². The number of aromatic hydroxyl groups is 1. The Hall–Kier alpha value is -3.40. The normalized spacial score (nSPS) is 38.1. The fourth-order valence-electron chi connectivity index (χ4n) is 9.74. The lowest BCUT2D eigenvalue weighted by atomic mass is 9.33. The Balaban J connectivity index is 1.90. The molecule has 0 saturated heterocycles. The first-order chi connectivity index (χ1) is 20.6. The summed E-state index contributed by atoms with van der Waals surface area (Å²) in [7, 11) is 0. The molecule has 236 valence electrons. The molecule has 10 atom stereocenters. The van der Waals surface area contributed by atoms with E-state index in [0.29, 0.717) is 12.0 Å². The van der Waals surface area contributed by atoms with Gasteiger partial charge in [0.1, 0.15) is 23.6 Å². The molecule has 44 heavy (non-hydrogen) atoms. The number of hydrogen-bond donors (Lipinski definition) is 5. The Morgan fingerprint density at radius 2 is 1.64 bits per heavy atom. The van der Waals surface area contributed by atoms with Crippen LogP contribution < -0.4 is 5.73 Å². The molecule has 6 N–H and O–H groups in total. The van der Waals surface area contributed by atoms with Crippen molar-refractivity contribution in [3.63, 3.8) is 0 Å². The number of benzene rings is 2. The van der Waals surface area contributed by atoms with Crippen molar-refractivity contribution in [1.29, 1.82) is 0 Å². The summed E-state index contributed by atoms with van der Waals surface area (Å²) in [5, 5.41) is 47.7. The highest BCUT2D eigenvalue weighted by atomic mass is 16.4. The second kappa shape index (κ2) is 10.9. The Morgan fingerprint density at radius 1 is 1.00 bits per heavy atom. The van der Waals surface area contributed by atoms with E-state index in [-0.39, 0.29) is 29.9 Å². The highest BCUT2D eigenvalue weighted by molar-refractivity contribution is 6.09. The zero-order valence-electron chi connectivity index (χ0n) is 25.9. The van der Waals surface area contributed by atoms with Gasteiger partial charge < -0.3 is 26.2 Å². The summed E-state index contributed by atoms with van der Waals surface area (Å²) in [6.07, 6.45) is -3.27. The summed E-state index contributed by atoms with van der Waals surface area (Å²) >= 11 is 0. The van der Waals surface area contributed by atoms with Crippen molar-refractivity contribution in [2.24, 2.45) is 46.2 Å². The molecule has 4 unspecified atom stereocenters. The van der Waals surface area contributed by atoms with E-state index in [4.69, 9.17) is 5.73 Å². The number of primary amides is 1. The second-order valence-corrected chi connectivity index (χ2v) is 13.8. The van der Waals surface area contributed by atoms with Crippen LogP contribution in [0.5, 0.6) is 5.75 Å². The summed E-state index contributed by atoms with van der Waals surface area (Å²) < 4.78 is 0. The maximum absolute atomic E-state index is 14.5. The van der Waals surface area contributed by atoms with E-state index in [1.54, 1.807) is 39.8 Å². The maximum Gasteiger partial charge on any atom is 0.230 e. The molecule has 9 nitrogen and oxygen atoms in total. The summed E-state index contributed by atoms with van der Waals surface area (Å²) in [6.45, 7) is 8.71. The van der Waals surface area contributed by atoms with E-state index >= 15 is 0 Å². The van der Waals surface area contributed by atoms with Crippen LogP contribution in [-0.4, -0.2) is 61.5 Å². The summed E-state index contributed by atoms with van der Waals surface area (Å²) in [4.78, 5) is 54.9. The van der Waals surface area contributed by atoms with Crippen LogP contribution in [-0.2, 0) is 20.8 Å². The molecule has 5 rings (SSSR count). The zero-order chi connectivity index (χ0) is 32.5. The van der Waals surface area contributed by atoms with Gasteiger partial charge in [-0.05, 0) is 52.7 Å². The number of ketones is 3. The van der Waals surface area contributed by atoms with Gasteiger partial charge in [-0.25, -0.2) is 0 Å². The third-order valence-electron chi connectivity index (χ3n) is 11.6. The van der Waals surface area contributed by atoms with Crippen LogP contribution in [0.25, 0.3) is 0 Å². The summed E-state index contributed by atoms with van der Waals surface area (Å²) in [6, 6.07) is 14.3. The molecule has 1 amide bonds. The molecule has 2 aromatic carbocycles. The number of carbonyl (C=O) groups excluding carboxylic acids is 4. The number of aliphatic hydroxyl groups is 3. The van der Waals surface area contributed by atoms with Crippen LogP contribution in [0, 0.1) is 40.4 Å². The highest BCUT2D eigenvalue weighted by Crippen LogP contribution is 2.72. The molecular formula is C35H43NO8. The Labute approximate surface area is 257 Å². The van der Waals surface area contributed by atoms with Gasteiger partial charge in [0.05, 0.1) is 17.6 Å². The maximum atomic E-state index is 14.5. The highest BCUT2D eigenvalue weighted by Gasteiger charge is 2.80. The van der Waals surface area contributed by atoms with Crippen LogP contribution in [0.4, 0.5) is 0 Å². The Kier molecular flexibility index (Phi) is 7.92. The summed E-state index contributed by atoms with van der Waals surface area (Å²) in [5.41, 5.74) is 1.43. The molecule has 0 aliphatic heterocycles. The molecule has 0 heterocycles. The molecule has 2 fully saturated rings. The molecule has 2 aromatic rings. The van der Waals surface area contributed by atoms with Gasteiger partial charge >= 0.3 is 0 Å². The average molecular weight is 606 g/mol. The first-order valence-electron chi connectivity index (χ1n) is 15.4. The molecule has 2 saturated carbocycles. The minimum atomic E-state index is -2.72. The zero-order valence-corrected chi connectivity index (χ0v) is 25.9. The van der Waals surface area contributed by atoms with Crippen molar-refractivity contribution >= 4 is 23.3 Å². The fraction of sp³-hybridized carbons (Fsp3) is 0.543. The van der Waals surface area contributed by atoms with E-state index in [1.807, 2.05) is 37.3 Å². The van der Waals surface area contributed by atoms with E-state index in [9.17, 15) is 39.6 Å². The van der Waals surface area contributed by atoms with Crippen molar-refractivity contribution in [1.82, 2.24) is 0 Å². The fourth-order valence-corrected chi connectivity index (χ4v) is 9.74. The predicted molar refractivity (Wildman–Crippen MR) is 161 cm³/mol. The summed E-state index contributed by atoms with van der Waals surface area (Å²) in [5.74, 6) is -9.59. The van der Waals surface area contributed by atoms with Crippen LogP contribution in [0.3, 0.4) is 0 Å². The lowest BCUT2D eigenvalue weighted by molar-refractivity contribution is -0.293. The Morgan fingerprint density at radius 3 is 2.20 bits per heavy atom. The molecule has 3 aliphatic rings. The van der Waals surface area contributed by atoms with Crippen molar-refractivity contribution in [3.8, 4) is 5.75 Å². The van der Waals surface area contributed by atoms with Gasteiger partial charge in [-0.15, -0.1) is 0 Å². The molecule has 9 heteroatoms. The lowest BCUT2D eigenvalue weighted by Gasteiger charge is -2.71. The molecule has 0 bridgehead atoms. The Bertz CT molecular complexity index is 1510. The first-order valence-corrected chi connectivity index (χ1v) is 15.4. The van der Waals surface area contributed by atoms with Gasteiger partial charge in [-0.3, -0.25) is 19.2 Å². The van der Waals surface area contributed by atoms with Gasteiger partial charge in [0, 0.05) is 18.3 Å². The number of carbonyl (C=O) groups is 4. The molecule has 0 aromatic heterocycles. The van der Waals surface area contributed by atoms with Crippen LogP contribution in [0.15, 0.2) is 48.5 Å². The van der Waals surface area contributed by atoms with Crippen LogP contribution in [0.1, 0.15) is 74.9 Å². The van der Waals surface area contributed by atoms with Crippen molar-refractivity contribution in [2.45, 2.75) is 77.6 Å². The minimum Gasteiger partial charge on any atom is -0.507 e. The molecule has 0 spiro atoms. The van der Waals surface area contributed by atoms with E-state index in [1.165, 1.54) is 6.07 Å². The van der Waals surface area contributed by atoms with Gasteiger partial charge in [0.25, 0.3) is 0 Å². The van der Waals surface area contributed by atoms with Crippen LogP contribution >= 0.6 is 0 Å². The smallest absolute Gasteiger partial charge is 0.230 e. The standard InChI is InChI=1S/C35H43NO8/c1-6-19(37)16-23-33(4)21(15-18-11-8-7-9-12-18)20-13-10-14-22(38)24(20)28(39)27(33)31(42)35(44)30(41)25(32(36)43)29(40)26(17(2)3)34(23,35)5/h7-14,17,21,23,25-27,29,31,38,40,42,44H,6,15-16H2,1-5H3,(H2,36,43)/t21-,23-,25?,26+,27?,29?,31?,33-,34-,35+/m1/s1.